The average Bonchev–Trinajstić information content (AvgIpc) is 2.39. The SMILES string of the molecule is COc1c(Br)cc(Cl)cc1NC(=O)c1cnccn1. The lowest BCUT2D eigenvalue weighted by molar-refractivity contribution is 0.102. The molecule has 0 unspecified atom stereocenters. The summed E-state index contributed by atoms with van der Waals surface area (Å²) in [4.78, 5) is 19.7. The fourth-order valence-electron chi connectivity index (χ4n) is 1.46. The van der Waals surface area contributed by atoms with Crippen LogP contribution in [0.15, 0.2) is 35.2 Å². The summed E-state index contributed by atoms with van der Waals surface area (Å²) in [5.74, 6) is 0.0993. The minimum Gasteiger partial charge on any atom is -0.493 e. The third-order valence-corrected chi connectivity index (χ3v) is 3.06. The Morgan fingerprint density at radius 1 is 1.42 bits per heavy atom. The number of hydrogen-bond acceptors (Lipinski definition) is 4. The van der Waals surface area contributed by atoms with E-state index in [1.807, 2.05) is 0 Å². The van der Waals surface area contributed by atoms with Crippen LogP contribution >= 0.6 is 27.5 Å². The largest absolute Gasteiger partial charge is 0.493 e. The van der Waals surface area contributed by atoms with Gasteiger partial charge < -0.3 is 10.1 Å². The second kappa shape index (κ2) is 5.99. The number of amides is 1. The lowest BCUT2D eigenvalue weighted by Gasteiger charge is -2.12. The molecule has 1 heterocycles. The molecule has 0 spiro atoms. The van der Waals surface area contributed by atoms with Crippen molar-refractivity contribution in [1.82, 2.24) is 9.97 Å². The van der Waals surface area contributed by atoms with E-state index in [0.717, 1.165) is 0 Å². The van der Waals surface area contributed by atoms with Gasteiger partial charge in [0.15, 0.2) is 5.75 Å². The van der Waals surface area contributed by atoms with Crippen molar-refractivity contribution >= 4 is 39.1 Å². The average molecular weight is 343 g/mol. The second-order valence-electron chi connectivity index (χ2n) is 3.51. The Hall–Kier alpha value is -1.66. The predicted molar refractivity (Wildman–Crippen MR) is 75.7 cm³/mol. The predicted octanol–water partition coefficient (Wildman–Crippen LogP) is 3.15. The molecule has 0 aliphatic carbocycles. The zero-order valence-electron chi connectivity index (χ0n) is 9.85. The van der Waals surface area contributed by atoms with Gasteiger partial charge in [-0.25, -0.2) is 4.98 Å². The summed E-state index contributed by atoms with van der Waals surface area (Å²) < 4.78 is 5.86. The highest BCUT2D eigenvalue weighted by Crippen LogP contribution is 2.36. The van der Waals surface area contributed by atoms with E-state index in [9.17, 15) is 4.79 Å². The molecule has 7 heteroatoms. The van der Waals surface area contributed by atoms with Gasteiger partial charge in [0.1, 0.15) is 5.69 Å². The molecule has 0 radical (unpaired) electrons. The Bertz CT molecular complexity index is 607. The van der Waals surface area contributed by atoms with Gasteiger partial charge in [0.2, 0.25) is 0 Å². The van der Waals surface area contributed by atoms with Crippen molar-refractivity contribution in [1.29, 1.82) is 0 Å². The molecular weight excluding hydrogens is 334 g/mol. The normalized spacial score (nSPS) is 10.1. The van der Waals surface area contributed by atoms with E-state index >= 15 is 0 Å². The fourth-order valence-corrected chi connectivity index (χ4v) is 2.44. The van der Waals surface area contributed by atoms with Crippen LogP contribution in [-0.2, 0) is 0 Å². The lowest BCUT2D eigenvalue weighted by atomic mass is 10.2. The third kappa shape index (κ3) is 3.21. The second-order valence-corrected chi connectivity index (χ2v) is 4.80. The van der Waals surface area contributed by atoms with Crippen LogP contribution in [0.5, 0.6) is 5.75 Å². The first-order chi connectivity index (χ1) is 9.11. The van der Waals surface area contributed by atoms with Crippen LogP contribution in [0.25, 0.3) is 0 Å². The number of carbonyl (C=O) groups is 1. The number of hydrogen-bond donors (Lipinski definition) is 1. The molecule has 0 atom stereocenters. The maximum atomic E-state index is 12.0. The van der Waals surface area contributed by atoms with Crippen LogP contribution in [0, 0.1) is 0 Å². The van der Waals surface area contributed by atoms with Crippen LogP contribution < -0.4 is 10.1 Å². The molecule has 1 aromatic heterocycles. The molecule has 5 nitrogen and oxygen atoms in total. The number of methoxy groups -OCH3 is 1. The summed E-state index contributed by atoms with van der Waals surface area (Å²) in [5, 5.41) is 3.15. The highest BCUT2D eigenvalue weighted by Gasteiger charge is 2.14. The molecule has 1 N–H and O–H groups in total. The summed E-state index contributed by atoms with van der Waals surface area (Å²) in [7, 11) is 1.51. The van der Waals surface area contributed by atoms with E-state index in [1.54, 1.807) is 12.1 Å². The van der Waals surface area contributed by atoms with Gasteiger partial charge in [0, 0.05) is 17.4 Å². The number of aromatic nitrogens is 2. The molecule has 2 rings (SSSR count). The van der Waals surface area contributed by atoms with E-state index < -0.39 is 0 Å². The van der Waals surface area contributed by atoms with Crippen molar-refractivity contribution in [3.63, 3.8) is 0 Å². The summed E-state index contributed by atoms with van der Waals surface area (Å²) in [5.41, 5.74) is 0.665. The summed E-state index contributed by atoms with van der Waals surface area (Å²) in [6.07, 6.45) is 4.31. The Kier molecular flexibility index (Phi) is 4.34. The van der Waals surface area contributed by atoms with Crippen molar-refractivity contribution in [2.45, 2.75) is 0 Å². The first-order valence-electron chi connectivity index (χ1n) is 5.22. The Morgan fingerprint density at radius 2 is 2.21 bits per heavy atom. The van der Waals surface area contributed by atoms with Gasteiger partial charge in [-0.2, -0.15) is 0 Å². The highest BCUT2D eigenvalue weighted by molar-refractivity contribution is 9.10. The zero-order chi connectivity index (χ0) is 13.8. The standard InChI is InChI=1S/C12H9BrClN3O2/c1-19-11-8(13)4-7(14)5-9(11)17-12(18)10-6-15-2-3-16-10/h2-6H,1H3,(H,17,18). The van der Waals surface area contributed by atoms with Crippen molar-refractivity contribution < 1.29 is 9.53 Å². The lowest BCUT2D eigenvalue weighted by Crippen LogP contribution is -2.14. The number of anilines is 1. The van der Waals surface area contributed by atoms with Gasteiger partial charge in [-0.15, -0.1) is 0 Å². The van der Waals surface area contributed by atoms with Crippen LogP contribution in [0.4, 0.5) is 5.69 Å². The van der Waals surface area contributed by atoms with Gasteiger partial charge in [0.25, 0.3) is 5.91 Å². The summed E-state index contributed by atoms with van der Waals surface area (Å²) in [6, 6.07) is 3.28. The van der Waals surface area contributed by atoms with Crippen LogP contribution in [0.2, 0.25) is 5.02 Å². The Balaban J connectivity index is 2.31. The summed E-state index contributed by atoms with van der Waals surface area (Å²) in [6.45, 7) is 0. The van der Waals surface area contributed by atoms with E-state index in [0.29, 0.717) is 20.9 Å². The molecule has 0 aliphatic rings. The number of carbonyl (C=O) groups excluding carboxylic acids is 1. The van der Waals surface area contributed by atoms with E-state index in [-0.39, 0.29) is 11.6 Å². The van der Waals surface area contributed by atoms with Crippen molar-refractivity contribution in [3.05, 3.63) is 45.9 Å². The first kappa shape index (κ1) is 13.8. The smallest absolute Gasteiger partial charge is 0.275 e. The minimum atomic E-state index is -0.388. The molecule has 0 bridgehead atoms. The van der Waals surface area contributed by atoms with Gasteiger partial charge in [-0.3, -0.25) is 9.78 Å². The molecule has 2 aromatic rings. The fraction of sp³-hybridized carbons (Fsp3) is 0.0833. The monoisotopic (exact) mass is 341 g/mol. The maximum absolute atomic E-state index is 12.0. The summed E-state index contributed by atoms with van der Waals surface area (Å²) >= 11 is 9.26. The number of halogens is 2. The number of nitrogens with zero attached hydrogens (tertiary/aromatic N) is 2. The molecule has 1 aromatic carbocycles. The molecule has 0 aliphatic heterocycles. The van der Waals surface area contributed by atoms with Crippen molar-refractivity contribution in [2.75, 3.05) is 12.4 Å². The van der Waals surface area contributed by atoms with E-state index in [1.165, 1.54) is 25.7 Å². The van der Waals surface area contributed by atoms with E-state index in [4.69, 9.17) is 16.3 Å². The van der Waals surface area contributed by atoms with Gasteiger partial charge in [0.05, 0.1) is 23.5 Å². The number of rotatable bonds is 3. The highest BCUT2D eigenvalue weighted by atomic mass is 79.9. The Labute approximate surface area is 123 Å². The topological polar surface area (TPSA) is 64.1 Å². The number of benzene rings is 1. The van der Waals surface area contributed by atoms with Crippen molar-refractivity contribution in [2.24, 2.45) is 0 Å². The van der Waals surface area contributed by atoms with Gasteiger partial charge in [-0.05, 0) is 28.1 Å². The molecule has 1 amide bonds. The first-order valence-corrected chi connectivity index (χ1v) is 6.39. The number of nitrogens with one attached hydrogen (secondary N) is 1. The molecule has 98 valence electrons. The molecule has 0 fully saturated rings. The minimum absolute atomic E-state index is 0.209. The van der Waals surface area contributed by atoms with Gasteiger partial charge >= 0.3 is 0 Å². The van der Waals surface area contributed by atoms with Crippen LogP contribution in [0.1, 0.15) is 10.5 Å². The number of ether oxygens (including phenoxy) is 1. The van der Waals surface area contributed by atoms with E-state index in [2.05, 4.69) is 31.2 Å². The van der Waals surface area contributed by atoms with Gasteiger partial charge in [-0.1, -0.05) is 11.6 Å². The molecule has 19 heavy (non-hydrogen) atoms. The zero-order valence-corrected chi connectivity index (χ0v) is 12.2. The molecule has 0 saturated carbocycles. The quantitative estimate of drug-likeness (QED) is 0.930. The Morgan fingerprint density at radius 3 is 2.84 bits per heavy atom. The maximum Gasteiger partial charge on any atom is 0.275 e. The van der Waals surface area contributed by atoms with Crippen LogP contribution in [-0.4, -0.2) is 23.0 Å². The van der Waals surface area contributed by atoms with Crippen LogP contribution in [0.3, 0.4) is 0 Å². The molecule has 0 saturated heterocycles. The third-order valence-electron chi connectivity index (χ3n) is 2.26. The molecular formula is C12H9BrClN3O2. The van der Waals surface area contributed by atoms with Crippen molar-refractivity contribution in [3.8, 4) is 5.75 Å².